The molecule has 3 unspecified atom stereocenters. The van der Waals surface area contributed by atoms with Gasteiger partial charge < -0.3 is 11.1 Å². The minimum Gasteiger partial charge on any atom is -0.320 e. The fourth-order valence-corrected chi connectivity index (χ4v) is 5.13. The number of nitrogens with one attached hydrogen (secondary N) is 1. The molecule has 2 rings (SSSR count). The van der Waals surface area contributed by atoms with Crippen LogP contribution in [0, 0.1) is 29.1 Å². The summed E-state index contributed by atoms with van der Waals surface area (Å²) in [4.78, 5) is 0. The lowest BCUT2D eigenvalue weighted by atomic mass is 9.85. The predicted octanol–water partition coefficient (Wildman–Crippen LogP) is 3.36. The molecular formula is C18H29N2PS. The molecule has 22 heavy (non-hydrogen) atoms. The van der Waals surface area contributed by atoms with E-state index in [0.717, 1.165) is 30.4 Å². The molecule has 0 spiro atoms. The van der Waals surface area contributed by atoms with Crippen molar-refractivity contribution in [2.75, 3.05) is 31.4 Å². The van der Waals surface area contributed by atoms with Gasteiger partial charge in [0.1, 0.15) is 0 Å². The zero-order valence-electron chi connectivity index (χ0n) is 14.1. The summed E-state index contributed by atoms with van der Waals surface area (Å²) < 4.78 is 0. The third-order valence-electron chi connectivity index (χ3n) is 4.68. The van der Waals surface area contributed by atoms with E-state index in [1.54, 1.807) is 11.1 Å². The van der Waals surface area contributed by atoms with Gasteiger partial charge >= 0.3 is 0 Å². The van der Waals surface area contributed by atoms with Crippen LogP contribution in [0.4, 0.5) is 0 Å². The quantitative estimate of drug-likeness (QED) is 0.338. The number of fused-ring (bicyclic) bond motifs is 1. The summed E-state index contributed by atoms with van der Waals surface area (Å²) in [6.45, 7) is 6.15. The zero-order chi connectivity index (χ0) is 16.0. The van der Waals surface area contributed by atoms with Gasteiger partial charge in [0, 0.05) is 24.0 Å². The third-order valence-corrected chi connectivity index (χ3v) is 6.47. The average molecular weight is 336 g/mol. The Morgan fingerprint density at radius 1 is 1.59 bits per heavy atom. The van der Waals surface area contributed by atoms with Crippen molar-refractivity contribution in [1.29, 1.82) is 0 Å². The maximum atomic E-state index is 5.58. The second-order valence-corrected chi connectivity index (χ2v) is 8.32. The molecule has 4 heteroatoms. The predicted molar refractivity (Wildman–Crippen MR) is 103 cm³/mol. The van der Waals surface area contributed by atoms with Crippen LogP contribution in [-0.2, 0) is 0 Å². The van der Waals surface area contributed by atoms with E-state index in [9.17, 15) is 0 Å². The highest BCUT2D eigenvalue weighted by atomic mass is 32.2. The van der Waals surface area contributed by atoms with Crippen LogP contribution >= 0.6 is 20.0 Å². The van der Waals surface area contributed by atoms with E-state index in [-0.39, 0.29) is 5.41 Å². The minimum absolute atomic E-state index is 0.161. The smallest absolute Gasteiger partial charge is 0.0551 e. The summed E-state index contributed by atoms with van der Waals surface area (Å²) in [5.74, 6) is 11.6. The number of hydrogen-bond donors (Lipinski definition) is 2. The van der Waals surface area contributed by atoms with E-state index in [2.05, 4.69) is 43.1 Å². The Hall–Kier alpha value is -0.260. The van der Waals surface area contributed by atoms with E-state index in [0.29, 0.717) is 6.54 Å². The van der Waals surface area contributed by atoms with Crippen molar-refractivity contribution in [1.82, 2.24) is 5.32 Å². The molecule has 0 aromatic heterocycles. The number of thioether (sulfide) groups is 1. The summed E-state index contributed by atoms with van der Waals surface area (Å²) in [6.07, 6.45) is 7.06. The molecule has 1 aliphatic heterocycles. The lowest BCUT2D eigenvalue weighted by Crippen LogP contribution is -2.21. The van der Waals surface area contributed by atoms with Gasteiger partial charge in [-0.05, 0) is 49.2 Å². The molecule has 0 amide bonds. The highest BCUT2D eigenvalue weighted by Gasteiger charge is 2.51. The molecule has 0 saturated heterocycles. The monoisotopic (exact) mass is 336 g/mol. The fourth-order valence-electron chi connectivity index (χ4n) is 3.47. The molecule has 3 atom stereocenters. The first-order valence-electron chi connectivity index (χ1n) is 8.27. The Morgan fingerprint density at radius 3 is 3.09 bits per heavy atom. The molecule has 1 heterocycles. The van der Waals surface area contributed by atoms with Crippen molar-refractivity contribution in [3.63, 3.8) is 0 Å². The van der Waals surface area contributed by atoms with Crippen molar-refractivity contribution in [2.45, 2.75) is 33.1 Å². The molecule has 2 aliphatic rings. The molecule has 1 aliphatic carbocycles. The summed E-state index contributed by atoms with van der Waals surface area (Å²) in [7, 11) is 1.42. The summed E-state index contributed by atoms with van der Waals surface area (Å²) in [6, 6.07) is 0. The Balaban J connectivity index is 2.17. The molecule has 0 bridgehead atoms. The first-order valence-corrected chi connectivity index (χ1v) is 10.8. The fraction of sp³-hybridized carbons (Fsp3) is 0.722. The average Bonchev–Trinajstić information content (AvgIpc) is 3.30. The molecule has 0 radical (unpaired) electrons. The van der Waals surface area contributed by atoms with E-state index in [4.69, 9.17) is 5.73 Å². The van der Waals surface area contributed by atoms with Crippen LogP contribution in [0.1, 0.15) is 33.1 Å². The topological polar surface area (TPSA) is 38.0 Å². The Kier molecular flexibility index (Phi) is 7.03. The van der Waals surface area contributed by atoms with Gasteiger partial charge in [0.25, 0.3) is 0 Å². The van der Waals surface area contributed by atoms with Crippen molar-refractivity contribution >= 4 is 25.8 Å². The second kappa shape index (κ2) is 8.55. The SMILES string of the molecule is CCC/C(CNCSC)=C1/C=PCC(C)(C#CCN)C2CC12. The second-order valence-electron chi connectivity index (χ2n) is 6.51. The van der Waals surface area contributed by atoms with E-state index < -0.39 is 0 Å². The van der Waals surface area contributed by atoms with Gasteiger partial charge in [-0.3, -0.25) is 0 Å². The lowest BCUT2D eigenvalue weighted by Gasteiger charge is -2.21. The Bertz CT molecular complexity index is 503. The molecule has 0 aromatic rings. The van der Waals surface area contributed by atoms with Crippen LogP contribution < -0.4 is 11.1 Å². The first kappa shape index (κ1) is 18.1. The number of hydrogen-bond acceptors (Lipinski definition) is 3. The normalized spacial score (nSPS) is 32.5. The van der Waals surface area contributed by atoms with E-state index in [1.165, 1.54) is 27.5 Å². The molecule has 3 N–H and O–H groups in total. The Labute approximate surface area is 141 Å². The van der Waals surface area contributed by atoms with Crippen LogP contribution in [0.3, 0.4) is 0 Å². The third kappa shape index (κ3) is 4.39. The van der Waals surface area contributed by atoms with E-state index >= 15 is 0 Å². The number of nitrogens with two attached hydrogens (primary N) is 1. The van der Waals surface area contributed by atoms with Gasteiger partial charge in [0.2, 0.25) is 0 Å². The largest absolute Gasteiger partial charge is 0.320 e. The molecule has 0 aromatic carbocycles. The standard InChI is InChI=1S/C18H29N2PS/c1-4-6-14(10-20-13-22-3)16-11-21-12-18(2,7-5-8-19)17-9-15(16)17/h11,15,17,20H,4,6,8-10,12-13,19H2,1-3H3/b16-14+. The minimum atomic E-state index is 0.161. The van der Waals surface area contributed by atoms with Crippen molar-refractivity contribution in [3.8, 4) is 11.8 Å². The number of allylic oxidation sites excluding steroid dienone is 1. The van der Waals surface area contributed by atoms with Crippen LogP contribution in [0.25, 0.3) is 0 Å². The highest BCUT2D eigenvalue weighted by Crippen LogP contribution is 2.57. The number of rotatable bonds is 6. The zero-order valence-corrected chi connectivity index (χ0v) is 15.8. The maximum absolute atomic E-state index is 5.58. The van der Waals surface area contributed by atoms with Gasteiger partial charge in [-0.2, -0.15) is 0 Å². The van der Waals surface area contributed by atoms with Crippen LogP contribution in [0.15, 0.2) is 11.1 Å². The summed E-state index contributed by atoms with van der Waals surface area (Å²) in [5, 5.41) is 3.57. The Morgan fingerprint density at radius 2 is 2.41 bits per heavy atom. The summed E-state index contributed by atoms with van der Waals surface area (Å²) in [5.41, 5.74) is 9.01. The van der Waals surface area contributed by atoms with Gasteiger partial charge in [-0.25, -0.2) is 0 Å². The van der Waals surface area contributed by atoms with Crippen molar-refractivity contribution < 1.29 is 0 Å². The molecule has 1 saturated carbocycles. The lowest BCUT2D eigenvalue weighted by molar-refractivity contribution is 0.424. The molecular weight excluding hydrogens is 307 g/mol. The highest BCUT2D eigenvalue weighted by molar-refractivity contribution is 7.98. The van der Waals surface area contributed by atoms with Gasteiger partial charge in [-0.1, -0.05) is 30.8 Å². The summed E-state index contributed by atoms with van der Waals surface area (Å²) >= 11 is 1.86. The first-order chi connectivity index (χ1) is 10.7. The van der Waals surface area contributed by atoms with Crippen LogP contribution in [0.5, 0.6) is 0 Å². The van der Waals surface area contributed by atoms with Crippen LogP contribution in [-0.4, -0.2) is 37.2 Å². The van der Waals surface area contributed by atoms with Crippen molar-refractivity contribution in [2.24, 2.45) is 23.0 Å². The molecule has 122 valence electrons. The van der Waals surface area contributed by atoms with Gasteiger partial charge in [0.15, 0.2) is 0 Å². The van der Waals surface area contributed by atoms with Crippen molar-refractivity contribution in [3.05, 3.63) is 11.1 Å². The van der Waals surface area contributed by atoms with Crippen LogP contribution in [0.2, 0.25) is 0 Å². The van der Waals surface area contributed by atoms with Gasteiger partial charge in [-0.15, -0.1) is 20.0 Å². The van der Waals surface area contributed by atoms with Gasteiger partial charge in [0.05, 0.1) is 6.54 Å². The molecule has 2 nitrogen and oxygen atoms in total. The van der Waals surface area contributed by atoms with E-state index in [1.807, 2.05) is 11.8 Å². The molecule has 1 fully saturated rings. The maximum Gasteiger partial charge on any atom is 0.0551 e.